The Balaban J connectivity index is 1.54. The van der Waals surface area contributed by atoms with E-state index in [2.05, 4.69) is 0 Å². The molecule has 5 nitrogen and oxygen atoms in total. The van der Waals surface area contributed by atoms with Gasteiger partial charge in [-0.1, -0.05) is 23.2 Å². The Labute approximate surface area is 160 Å². The number of benzene rings is 2. The summed E-state index contributed by atoms with van der Waals surface area (Å²) >= 11 is 11.6. The van der Waals surface area contributed by atoms with Gasteiger partial charge in [-0.3, -0.25) is 0 Å². The molecule has 3 rings (SSSR count). The van der Waals surface area contributed by atoms with Crippen molar-refractivity contribution in [2.24, 2.45) is 0 Å². The Morgan fingerprint density at radius 1 is 0.923 bits per heavy atom. The molecule has 7 heteroatoms. The predicted octanol–water partition coefficient (Wildman–Crippen LogP) is 4.33. The maximum Gasteiger partial charge on any atom is 0.338 e. The van der Waals surface area contributed by atoms with Crippen molar-refractivity contribution in [3.63, 3.8) is 0 Å². The monoisotopic (exact) mass is 393 g/mol. The van der Waals surface area contributed by atoms with Crippen molar-refractivity contribution in [2.45, 2.75) is 18.6 Å². The van der Waals surface area contributed by atoms with Crippen molar-refractivity contribution in [1.29, 1.82) is 0 Å². The number of carbonyl (C=O) groups is 2. The highest BCUT2D eigenvalue weighted by atomic mass is 35.5. The van der Waals surface area contributed by atoms with E-state index in [1.165, 1.54) is 0 Å². The van der Waals surface area contributed by atoms with Crippen molar-refractivity contribution in [3.8, 4) is 0 Å². The van der Waals surface area contributed by atoms with Crippen LogP contribution in [0.4, 0.5) is 0 Å². The van der Waals surface area contributed by atoms with Crippen LogP contribution >= 0.6 is 23.2 Å². The number of rotatable bonds is 5. The summed E-state index contributed by atoms with van der Waals surface area (Å²) in [6, 6.07) is 12.7. The lowest BCUT2D eigenvalue weighted by molar-refractivity contribution is -0.0223. The molecule has 2 atom stereocenters. The summed E-state index contributed by atoms with van der Waals surface area (Å²) < 4.78 is 16.1. The van der Waals surface area contributed by atoms with Crippen molar-refractivity contribution in [1.82, 2.24) is 0 Å². The molecule has 0 unspecified atom stereocenters. The van der Waals surface area contributed by atoms with E-state index in [-0.39, 0.29) is 6.61 Å². The first-order valence-electron chi connectivity index (χ1n) is 7.89. The van der Waals surface area contributed by atoms with Crippen LogP contribution in [0.25, 0.3) is 0 Å². The minimum Gasteiger partial charge on any atom is -0.459 e. The number of halogens is 2. The fourth-order valence-electron chi connectivity index (χ4n) is 2.40. The average Bonchev–Trinajstić information content (AvgIpc) is 3.08. The second-order valence-electron chi connectivity index (χ2n) is 5.63. The Hall–Kier alpha value is -2.08. The smallest absolute Gasteiger partial charge is 0.338 e. The van der Waals surface area contributed by atoms with Crippen LogP contribution < -0.4 is 0 Å². The normalized spacial score (nSPS) is 19.2. The van der Waals surface area contributed by atoms with Crippen molar-refractivity contribution >= 4 is 35.1 Å². The molecule has 0 amide bonds. The first-order chi connectivity index (χ1) is 12.5. The zero-order chi connectivity index (χ0) is 18.5. The molecule has 0 aromatic heterocycles. The molecular weight excluding hydrogens is 379 g/mol. The number of carbonyl (C=O) groups excluding carboxylic acids is 2. The predicted molar refractivity (Wildman–Crippen MR) is 96.2 cm³/mol. The fraction of sp³-hybridized carbons (Fsp3) is 0.211. The summed E-state index contributed by atoms with van der Waals surface area (Å²) in [7, 11) is 0. The summed E-state index contributed by atoms with van der Waals surface area (Å²) in [5.74, 6) is -0.987. The van der Waals surface area contributed by atoms with Crippen molar-refractivity contribution in [2.75, 3.05) is 6.61 Å². The molecule has 0 N–H and O–H groups in total. The highest BCUT2D eigenvalue weighted by Gasteiger charge is 2.33. The minimum absolute atomic E-state index is 0.0312. The molecule has 1 radical (unpaired) electrons. The van der Waals surface area contributed by atoms with Gasteiger partial charge in [-0.2, -0.15) is 0 Å². The van der Waals surface area contributed by atoms with Crippen LogP contribution in [0.15, 0.2) is 48.5 Å². The molecule has 1 aliphatic rings. The first kappa shape index (κ1) is 18.7. The number of esters is 2. The van der Waals surface area contributed by atoms with Gasteiger partial charge < -0.3 is 14.2 Å². The Bertz CT molecular complexity index is 774. The van der Waals surface area contributed by atoms with Crippen LogP contribution in [0.5, 0.6) is 0 Å². The molecule has 1 aliphatic heterocycles. The fourth-order valence-corrected chi connectivity index (χ4v) is 2.65. The quantitative estimate of drug-likeness (QED) is 0.707. The van der Waals surface area contributed by atoms with E-state index in [1.54, 1.807) is 55.1 Å². The van der Waals surface area contributed by atoms with Gasteiger partial charge in [-0.25, -0.2) is 9.59 Å². The van der Waals surface area contributed by atoms with Crippen LogP contribution in [-0.4, -0.2) is 30.8 Å². The molecule has 1 heterocycles. The van der Waals surface area contributed by atoms with Crippen LogP contribution in [0.3, 0.4) is 0 Å². The number of ether oxygens (including phenoxy) is 3. The van der Waals surface area contributed by atoms with Crippen molar-refractivity contribution < 1.29 is 23.8 Å². The summed E-state index contributed by atoms with van der Waals surface area (Å²) in [4.78, 5) is 24.2. The highest BCUT2D eigenvalue weighted by Crippen LogP contribution is 2.23. The SMILES string of the molecule is O=C(OC[C@H]1O[CH]C[C@@H]1OC(=O)c1ccc(Cl)cc1)c1ccc(Cl)cc1. The number of hydrogen-bond acceptors (Lipinski definition) is 5. The van der Waals surface area contributed by atoms with Gasteiger partial charge in [0.2, 0.25) is 0 Å². The van der Waals surface area contributed by atoms with Crippen LogP contribution in [-0.2, 0) is 14.2 Å². The van der Waals surface area contributed by atoms with E-state index in [1.807, 2.05) is 0 Å². The summed E-state index contributed by atoms with van der Waals surface area (Å²) in [5.41, 5.74) is 0.768. The maximum atomic E-state index is 12.2. The van der Waals surface area contributed by atoms with E-state index < -0.39 is 24.1 Å². The van der Waals surface area contributed by atoms with E-state index in [4.69, 9.17) is 37.4 Å². The second kappa shape index (κ2) is 8.54. The van der Waals surface area contributed by atoms with Gasteiger partial charge in [-0.15, -0.1) is 0 Å². The zero-order valence-corrected chi connectivity index (χ0v) is 15.1. The summed E-state index contributed by atoms with van der Waals surface area (Å²) in [6.07, 6.45) is -0.665. The molecule has 1 fully saturated rings. The van der Waals surface area contributed by atoms with E-state index in [0.717, 1.165) is 0 Å². The molecule has 0 spiro atoms. The summed E-state index contributed by atoms with van der Waals surface area (Å²) in [6.45, 7) is 1.51. The molecule has 0 aliphatic carbocycles. The Kier molecular flexibility index (Phi) is 6.14. The van der Waals surface area contributed by atoms with E-state index in [0.29, 0.717) is 27.6 Å². The van der Waals surface area contributed by atoms with Crippen LogP contribution in [0.1, 0.15) is 27.1 Å². The van der Waals surface area contributed by atoms with Crippen LogP contribution in [0, 0.1) is 6.61 Å². The summed E-state index contributed by atoms with van der Waals surface area (Å²) in [5, 5.41) is 1.07. The van der Waals surface area contributed by atoms with Crippen LogP contribution in [0.2, 0.25) is 10.0 Å². The standard InChI is InChI=1S/C19H15Cl2O5/c20-14-5-1-12(2-6-14)18(22)25-11-17-16(9-10-24-17)26-19(23)13-3-7-15(21)8-4-13/h1-8,10,16-17H,9,11H2/t16-,17+/m0/s1. The molecule has 0 saturated carbocycles. The Morgan fingerprint density at radius 3 is 2.04 bits per heavy atom. The van der Waals surface area contributed by atoms with Crippen molar-refractivity contribution in [3.05, 3.63) is 76.3 Å². The molecule has 26 heavy (non-hydrogen) atoms. The maximum absolute atomic E-state index is 12.2. The number of hydrogen-bond donors (Lipinski definition) is 0. The minimum atomic E-state index is -0.553. The molecular formula is C19H15Cl2O5. The zero-order valence-electron chi connectivity index (χ0n) is 13.6. The van der Waals surface area contributed by atoms with E-state index in [9.17, 15) is 9.59 Å². The lowest BCUT2D eigenvalue weighted by atomic mass is 10.2. The van der Waals surface area contributed by atoms with Gasteiger partial charge in [0, 0.05) is 16.5 Å². The van der Waals surface area contributed by atoms with E-state index >= 15 is 0 Å². The largest absolute Gasteiger partial charge is 0.459 e. The second-order valence-corrected chi connectivity index (χ2v) is 6.51. The molecule has 2 aromatic rings. The average molecular weight is 394 g/mol. The molecule has 135 valence electrons. The topological polar surface area (TPSA) is 61.8 Å². The van der Waals surface area contributed by atoms with Gasteiger partial charge in [0.15, 0.2) is 0 Å². The van der Waals surface area contributed by atoms with Gasteiger partial charge >= 0.3 is 11.9 Å². The molecule has 0 bridgehead atoms. The Morgan fingerprint density at radius 2 is 1.46 bits per heavy atom. The third kappa shape index (κ3) is 4.75. The molecule has 1 saturated heterocycles. The van der Waals surface area contributed by atoms with Gasteiger partial charge in [0.1, 0.15) is 18.8 Å². The third-order valence-corrected chi connectivity index (χ3v) is 4.32. The lowest BCUT2D eigenvalue weighted by Crippen LogP contribution is -2.32. The van der Waals surface area contributed by atoms with Gasteiger partial charge in [-0.05, 0) is 48.5 Å². The van der Waals surface area contributed by atoms with Gasteiger partial charge in [0.25, 0.3) is 0 Å². The van der Waals surface area contributed by atoms with Gasteiger partial charge in [0.05, 0.1) is 17.7 Å². The highest BCUT2D eigenvalue weighted by molar-refractivity contribution is 6.30. The third-order valence-electron chi connectivity index (χ3n) is 3.81. The molecule has 2 aromatic carbocycles. The lowest BCUT2D eigenvalue weighted by Gasteiger charge is -2.19. The first-order valence-corrected chi connectivity index (χ1v) is 8.65.